The number of halogens is 2. The van der Waals surface area contributed by atoms with Gasteiger partial charge in [0, 0.05) is 6.54 Å². The van der Waals surface area contributed by atoms with Gasteiger partial charge in [-0.05, 0) is 19.3 Å². The van der Waals surface area contributed by atoms with Gasteiger partial charge < -0.3 is 10.0 Å². The fourth-order valence-electron chi connectivity index (χ4n) is 2.17. The van der Waals surface area contributed by atoms with E-state index in [1.54, 1.807) is 0 Å². The third kappa shape index (κ3) is 2.89. The molecule has 0 radical (unpaired) electrons. The maximum atomic E-state index is 12.9. The van der Waals surface area contributed by atoms with Crippen LogP contribution in [0.3, 0.4) is 0 Å². The highest BCUT2D eigenvalue weighted by Gasteiger charge is 2.34. The first-order valence-corrected chi connectivity index (χ1v) is 6.15. The number of nitrogens with zero attached hydrogens (tertiary/aromatic N) is 3. The number of amides is 1. The maximum Gasteiger partial charge on any atom is 0.356 e. The molecule has 2 heterocycles. The van der Waals surface area contributed by atoms with E-state index in [4.69, 9.17) is 5.11 Å². The lowest BCUT2D eigenvalue weighted by molar-refractivity contribution is 0.00647. The molecular formula is C12H13F2N3O3. The van der Waals surface area contributed by atoms with Gasteiger partial charge in [-0.3, -0.25) is 4.79 Å². The second kappa shape index (κ2) is 5.89. The van der Waals surface area contributed by atoms with Gasteiger partial charge in [0.1, 0.15) is 5.69 Å². The fourth-order valence-corrected chi connectivity index (χ4v) is 2.17. The van der Waals surface area contributed by atoms with Crippen LogP contribution in [0.4, 0.5) is 8.78 Å². The number of aromatic carboxylic acids is 1. The highest BCUT2D eigenvalue weighted by Crippen LogP contribution is 2.23. The van der Waals surface area contributed by atoms with Crippen molar-refractivity contribution in [3.05, 3.63) is 23.8 Å². The minimum absolute atomic E-state index is 0.123. The monoisotopic (exact) mass is 285 g/mol. The predicted octanol–water partition coefficient (Wildman–Crippen LogP) is 1.43. The summed E-state index contributed by atoms with van der Waals surface area (Å²) >= 11 is 0. The average molecular weight is 285 g/mol. The van der Waals surface area contributed by atoms with E-state index in [-0.39, 0.29) is 24.4 Å². The van der Waals surface area contributed by atoms with Crippen LogP contribution in [0.25, 0.3) is 0 Å². The van der Waals surface area contributed by atoms with Gasteiger partial charge in [0.2, 0.25) is 0 Å². The molecule has 1 N–H and O–H groups in total. The Hall–Kier alpha value is -2.12. The third-order valence-electron chi connectivity index (χ3n) is 3.19. The minimum atomic E-state index is -2.61. The number of piperidine rings is 1. The third-order valence-corrected chi connectivity index (χ3v) is 3.19. The second-order valence-electron chi connectivity index (χ2n) is 4.49. The lowest BCUT2D eigenvalue weighted by atomic mass is 10.0. The van der Waals surface area contributed by atoms with Crippen molar-refractivity contribution in [2.45, 2.75) is 31.7 Å². The summed E-state index contributed by atoms with van der Waals surface area (Å²) < 4.78 is 25.8. The van der Waals surface area contributed by atoms with Gasteiger partial charge in [0.15, 0.2) is 5.69 Å². The summed E-state index contributed by atoms with van der Waals surface area (Å²) in [5.74, 6) is -1.90. The van der Waals surface area contributed by atoms with Crippen LogP contribution >= 0.6 is 0 Å². The smallest absolute Gasteiger partial charge is 0.356 e. The predicted molar refractivity (Wildman–Crippen MR) is 63.7 cm³/mol. The molecule has 1 amide bonds. The topological polar surface area (TPSA) is 83.4 Å². The van der Waals surface area contributed by atoms with Crippen molar-refractivity contribution in [3.63, 3.8) is 0 Å². The average Bonchev–Trinajstić information content (AvgIpc) is 2.46. The standard InChI is InChI=1S/C12H13F2N3O3/c13-10(14)9-3-1-2-4-17(9)11(18)7-5-16-8(6-15-7)12(19)20/h5-6,9-10H,1-4H2,(H,19,20). The lowest BCUT2D eigenvalue weighted by Gasteiger charge is -2.34. The minimum Gasteiger partial charge on any atom is -0.476 e. The van der Waals surface area contributed by atoms with Crippen molar-refractivity contribution in [3.8, 4) is 0 Å². The molecule has 1 aliphatic heterocycles. The molecule has 1 aromatic rings. The van der Waals surface area contributed by atoms with E-state index >= 15 is 0 Å². The van der Waals surface area contributed by atoms with E-state index in [1.807, 2.05) is 0 Å². The molecule has 0 saturated carbocycles. The molecule has 0 aliphatic carbocycles. The van der Waals surface area contributed by atoms with E-state index in [0.717, 1.165) is 17.3 Å². The van der Waals surface area contributed by atoms with Crippen LogP contribution in [-0.4, -0.2) is 50.9 Å². The summed E-state index contributed by atoms with van der Waals surface area (Å²) in [6.07, 6.45) is 0.910. The Morgan fingerprint density at radius 1 is 1.25 bits per heavy atom. The summed E-state index contributed by atoms with van der Waals surface area (Å²) in [6, 6.07) is -1.11. The number of likely N-dealkylation sites (tertiary alicyclic amines) is 1. The van der Waals surface area contributed by atoms with Crippen molar-refractivity contribution in [1.82, 2.24) is 14.9 Å². The molecule has 0 aromatic carbocycles. The van der Waals surface area contributed by atoms with Gasteiger partial charge in [-0.15, -0.1) is 0 Å². The summed E-state index contributed by atoms with van der Waals surface area (Å²) in [7, 11) is 0. The molecular weight excluding hydrogens is 272 g/mol. The number of carboxylic acids is 1. The Morgan fingerprint density at radius 2 is 1.90 bits per heavy atom. The number of carbonyl (C=O) groups excluding carboxylic acids is 1. The molecule has 1 saturated heterocycles. The zero-order chi connectivity index (χ0) is 14.7. The van der Waals surface area contributed by atoms with Crippen molar-refractivity contribution < 1.29 is 23.5 Å². The van der Waals surface area contributed by atoms with Crippen LogP contribution in [0, 0.1) is 0 Å². The van der Waals surface area contributed by atoms with Gasteiger partial charge in [-0.1, -0.05) is 0 Å². The SMILES string of the molecule is O=C(O)c1cnc(C(=O)N2CCCCC2C(F)F)cn1. The zero-order valence-corrected chi connectivity index (χ0v) is 10.5. The van der Waals surface area contributed by atoms with Crippen molar-refractivity contribution in [2.75, 3.05) is 6.54 Å². The molecule has 0 bridgehead atoms. The first-order chi connectivity index (χ1) is 9.50. The van der Waals surface area contributed by atoms with Crippen LogP contribution < -0.4 is 0 Å². The van der Waals surface area contributed by atoms with E-state index in [9.17, 15) is 18.4 Å². The van der Waals surface area contributed by atoms with Gasteiger partial charge >= 0.3 is 5.97 Å². The highest BCUT2D eigenvalue weighted by atomic mass is 19.3. The van der Waals surface area contributed by atoms with Crippen LogP contribution in [0.5, 0.6) is 0 Å². The van der Waals surface area contributed by atoms with Crippen LogP contribution in [0.2, 0.25) is 0 Å². The Labute approximate surface area is 113 Å². The van der Waals surface area contributed by atoms with Crippen molar-refractivity contribution in [2.24, 2.45) is 0 Å². The van der Waals surface area contributed by atoms with Crippen LogP contribution in [0.15, 0.2) is 12.4 Å². The number of hydrogen-bond donors (Lipinski definition) is 1. The van der Waals surface area contributed by atoms with E-state index in [1.165, 1.54) is 0 Å². The van der Waals surface area contributed by atoms with E-state index < -0.39 is 24.3 Å². The molecule has 6 nitrogen and oxygen atoms in total. The Kier molecular flexibility index (Phi) is 4.21. The zero-order valence-electron chi connectivity index (χ0n) is 10.5. The summed E-state index contributed by atoms with van der Waals surface area (Å²) in [5.41, 5.74) is -0.423. The number of rotatable bonds is 3. The molecule has 1 unspecified atom stereocenters. The molecule has 0 spiro atoms. The van der Waals surface area contributed by atoms with Crippen LogP contribution in [-0.2, 0) is 0 Å². The van der Waals surface area contributed by atoms with Crippen LogP contribution in [0.1, 0.15) is 40.2 Å². The van der Waals surface area contributed by atoms with Crippen molar-refractivity contribution >= 4 is 11.9 Å². The van der Waals surface area contributed by atoms with E-state index in [0.29, 0.717) is 12.8 Å². The number of carboxylic acid groups (broad SMARTS) is 1. The summed E-state index contributed by atoms with van der Waals surface area (Å²) in [4.78, 5) is 31.1. The van der Waals surface area contributed by atoms with Gasteiger partial charge in [0.05, 0.1) is 18.4 Å². The molecule has 1 aromatic heterocycles. The summed E-state index contributed by atoms with van der Waals surface area (Å²) in [6.45, 7) is 0.246. The number of carbonyl (C=O) groups is 2. The van der Waals surface area contributed by atoms with Crippen molar-refractivity contribution in [1.29, 1.82) is 0 Å². The molecule has 1 atom stereocenters. The first-order valence-electron chi connectivity index (χ1n) is 6.15. The number of aromatic nitrogens is 2. The molecule has 1 fully saturated rings. The fraction of sp³-hybridized carbons (Fsp3) is 0.500. The van der Waals surface area contributed by atoms with Gasteiger partial charge in [0.25, 0.3) is 12.3 Å². The van der Waals surface area contributed by atoms with Gasteiger partial charge in [-0.25, -0.2) is 23.5 Å². The number of hydrogen-bond acceptors (Lipinski definition) is 4. The molecule has 1 aliphatic rings. The molecule has 8 heteroatoms. The first kappa shape index (κ1) is 14.3. The Morgan fingerprint density at radius 3 is 2.45 bits per heavy atom. The molecule has 2 rings (SSSR count). The second-order valence-corrected chi connectivity index (χ2v) is 4.49. The quantitative estimate of drug-likeness (QED) is 0.908. The lowest BCUT2D eigenvalue weighted by Crippen LogP contribution is -2.47. The maximum absolute atomic E-state index is 12.9. The Balaban J connectivity index is 2.18. The summed E-state index contributed by atoms with van der Waals surface area (Å²) in [5, 5.41) is 8.68. The number of alkyl halides is 2. The Bertz CT molecular complexity index is 507. The largest absolute Gasteiger partial charge is 0.476 e. The highest BCUT2D eigenvalue weighted by molar-refractivity contribution is 5.93. The van der Waals surface area contributed by atoms with Gasteiger partial charge in [-0.2, -0.15) is 0 Å². The molecule has 20 heavy (non-hydrogen) atoms. The molecule has 108 valence electrons. The normalized spacial score (nSPS) is 19.1. The van der Waals surface area contributed by atoms with E-state index in [2.05, 4.69) is 9.97 Å².